The first-order valence-electron chi connectivity index (χ1n) is 5.95. The van der Waals surface area contributed by atoms with Gasteiger partial charge in [-0.15, -0.1) is 0 Å². The zero-order chi connectivity index (χ0) is 13.1. The van der Waals surface area contributed by atoms with Crippen LogP contribution in [0, 0.1) is 23.7 Å². The van der Waals surface area contributed by atoms with Gasteiger partial charge in [0.15, 0.2) is 0 Å². The van der Waals surface area contributed by atoms with E-state index in [0.717, 1.165) is 0 Å². The summed E-state index contributed by atoms with van der Waals surface area (Å²) in [5.74, 6) is -1.89. The molecule has 92 valence electrons. The molecular weight excluding hydrogens is 236 g/mol. The molecule has 0 radical (unpaired) electrons. The molecule has 0 aliphatic carbocycles. The van der Waals surface area contributed by atoms with E-state index in [4.69, 9.17) is 0 Å². The Morgan fingerprint density at radius 3 is 0.941 bits per heavy atom. The van der Waals surface area contributed by atoms with Gasteiger partial charge in [-0.2, -0.15) is 0 Å². The van der Waals surface area contributed by atoms with Crippen LogP contribution in [0.2, 0.25) is 0 Å². The third-order valence-corrected chi connectivity index (χ3v) is 9.41. The molecule has 4 unspecified atom stereocenters. The van der Waals surface area contributed by atoms with Crippen molar-refractivity contribution in [1.82, 2.24) is 0 Å². The van der Waals surface area contributed by atoms with Crippen molar-refractivity contribution in [3.05, 3.63) is 0 Å². The predicted molar refractivity (Wildman–Crippen MR) is 62.4 cm³/mol. The van der Waals surface area contributed by atoms with E-state index in [1.165, 1.54) is 0 Å². The molecule has 0 saturated carbocycles. The molecule has 2 heterocycles. The van der Waals surface area contributed by atoms with Crippen molar-refractivity contribution in [2.24, 2.45) is 23.7 Å². The molecule has 2 rings (SSSR count). The average molecular weight is 252 g/mol. The van der Waals surface area contributed by atoms with Crippen molar-refractivity contribution in [2.45, 2.75) is 27.7 Å². The Morgan fingerprint density at radius 2 is 0.765 bits per heavy atom. The lowest BCUT2D eigenvalue weighted by Gasteiger charge is -2.12. The van der Waals surface area contributed by atoms with Crippen molar-refractivity contribution < 1.29 is 19.2 Å². The Labute approximate surface area is 101 Å². The van der Waals surface area contributed by atoms with Gasteiger partial charge in [-0.05, 0) is 0 Å². The highest BCUT2D eigenvalue weighted by Gasteiger charge is 2.74. The Balaban J connectivity index is 2.65. The normalized spacial score (nSPS) is 46.4. The third kappa shape index (κ3) is 1.13. The molecule has 5 heteroatoms. The average Bonchev–Trinajstić information content (AvgIpc) is 2.58. The first-order valence-corrected chi connectivity index (χ1v) is 7.95. The van der Waals surface area contributed by atoms with Crippen molar-refractivity contribution in [3.63, 3.8) is 0 Å². The summed E-state index contributed by atoms with van der Waals surface area (Å²) in [6.07, 6.45) is 0. The summed E-state index contributed by atoms with van der Waals surface area (Å²) >= 11 is 0. The molecular formula is C12H16O4Si. The van der Waals surface area contributed by atoms with Gasteiger partial charge in [0.25, 0.3) is 0 Å². The van der Waals surface area contributed by atoms with E-state index in [9.17, 15) is 19.2 Å². The second-order valence-corrected chi connectivity index (χ2v) is 8.83. The maximum Gasteiger partial charge on any atom is 0.348 e. The van der Waals surface area contributed by atoms with E-state index in [1.54, 1.807) is 27.7 Å². The van der Waals surface area contributed by atoms with Crippen molar-refractivity contribution >= 4 is 29.7 Å². The van der Waals surface area contributed by atoms with Crippen LogP contribution in [0.15, 0.2) is 0 Å². The summed E-state index contributed by atoms with van der Waals surface area (Å²) in [6.45, 7) is 6.61. The fourth-order valence-electron chi connectivity index (χ4n) is 3.00. The molecule has 4 atom stereocenters. The maximum absolute atomic E-state index is 12.3. The molecule has 2 aliphatic heterocycles. The first kappa shape index (κ1) is 12.4. The minimum Gasteiger partial charge on any atom is -0.303 e. The molecule has 0 aromatic carbocycles. The molecule has 2 aliphatic rings. The molecule has 1 spiro atoms. The zero-order valence-electron chi connectivity index (χ0n) is 10.4. The van der Waals surface area contributed by atoms with E-state index in [0.29, 0.717) is 0 Å². The molecule has 0 aromatic heterocycles. The highest BCUT2D eigenvalue weighted by Crippen LogP contribution is 2.41. The first-order chi connectivity index (χ1) is 7.77. The summed E-state index contributed by atoms with van der Waals surface area (Å²) in [5, 5.41) is -1.38. The summed E-state index contributed by atoms with van der Waals surface area (Å²) in [4.78, 5) is 49.0. The van der Waals surface area contributed by atoms with E-state index in [1.807, 2.05) is 0 Å². The summed E-state index contributed by atoms with van der Waals surface area (Å²) in [7, 11) is -3.69. The smallest absolute Gasteiger partial charge is 0.303 e. The Morgan fingerprint density at radius 1 is 0.588 bits per heavy atom. The van der Waals surface area contributed by atoms with Gasteiger partial charge in [0.05, 0.1) is 0 Å². The van der Waals surface area contributed by atoms with Crippen LogP contribution >= 0.6 is 0 Å². The van der Waals surface area contributed by atoms with Gasteiger partial charge < -0.3 is 19.2 Å². The largest absolute Gasteiger partial charge is 0.348 e. The van der Waals surface area contributed by atoms with Gasteiger partial charge in [-0.1, -0.05) is 27.7 Å². The third-order valence-electron chi connectivity index (χ3n) is 4.63. The molecule has 0 aromatic rings. The highest BCUT2D eigenvalue weighted by molar-refractivity contribution is 7.56. The Hall–Kier alpha value is -1.10. The van der Waals surface area contributed by atoms with Gasteiger partial charge in [0.1, 0.15) is 21.6 Å². The van der Waals surface area contributed by atoms with E-state index in [-0.39, 0.29) is 21.6 Å². The minimum atomic E-state index is -3.69. The van der Waals surface area contributed by atoms with E-state index >= 15 is 0 Å². The van der Waals surface area contributed by atoms with Crippen LogP contribution in [-0.2, 0) is 19.2 Å². The topological polar surface area (TPSA) is 68.3 Å². The lowest BCUT2D eigenvalue weighted by Crippen LogP contribution is -2.60. The lowest BCUT2D eigenvalue weighted by atomic mass is 10.00. The quantitative estimate of drug-likeness (QED) is 0.587. The molecule has 2 saturated heterocycles. The summed E-state index contributed by atoms with van der Waals surface area (Å²) < 4.78 is 0. The van der Waals surface area contributed by atoms with E-state index in [2.05, 4.69) is 0 Å². The lowest BCUT2D eigenvalue weighted by molar-refractivity contribution is -0.119. The molecule has 0 amide bonds. The van der Waals surface area contributed by atoms with Crippen LogP contribution in [0.4, 0.5) is 0 Å². The fraction of sp³-hybridized carbons (Fsp3) is 0.667. The zero-order valence-corrected chi connectivity index (χ0v) is 11.4. The van der Waals surface area contributed by atoms with Crippen LogP contribution in [0.3, 0.4) is 0 Å². The molecule has 17 heavy (non-hydrogen) atoms. The number of carbonyl (C=O) groups is 4. The minimum absolute atomic E-state index is 0.346. The van der Waals surface area contributed by atoms with Crippen LogP contribution in [-0.4, -0.2) is 29.7 Å². The van der Waals surface area contributed by atoms with Crippen molar-refractivity contribution in [1.29, 1.82) is 0 Å². The highest BCUT2D eigenvalue weighted by atomic mass is 28.3. The summed E-state index contributed by atoms with van der Waals surface area (Å²) in [5.41, 5.74) is 0. The van der Waals surface area contributed by atoms with E-state index < -0.39 is 31.7 Å². The molecule has 0 N–H and O–H groups in total. The van der Waals surface area contributed by atoms with Crippen LogP contribution < -0.4 is 0 Å². The van der Waals surface area contributed by atoms with Gasteiger partial charge in [0, 0.05) is 23.7 Å². The monoisotopic (exact) mass is 252 g/mol. The number of carbonyl (C=O) groups excluding carboxylic acids is 4. The molecule has 0 bridgehead atoms. The second-order valence-electron chi connectivity index (χ2n) is 5.36. The van der Waals surface area contributed by atoms with Gasteiger partial charge >= 0.3 is 8.07 Å². The standard InChI is InChI=1S/C12H16O4Si/c1-5-6(2)10(14)17(9(5)13)11(15)7(3)8(4)12(17)16/h5-8H,1-4H3. The number of hydrogen-bond donors (Lipinski definition) is 0. The Bertz CT molecular complexity index is 368. The van der Waals surface area contributed by atoms with Crippen molar-refractivity contribution in [3.8, 4) is 0 Å². The van der Waals surface area contributed by atoms with Gasteiger partial charge in [-0.3, -0.25) is 0 Å². The fourth-order valence-corrected chi connectivity index (χ4v) is 8.19. The SMILES string of the molecule is CC1C(=O)[Si]2(C(=O)C1C)C(=O)C(C)C(C)C2=O. The maximum atomic E-state index is 12.3. The molecule has 2 fully saturated rings. The second kappa shape index (κ2) is 3.45. The number of hydrogen-bond acceptors (Lipinski definition) is 4. The van der Waals surface area contributed by atoms with Crippen LogP contribution in [0.5, 0.6) is 0 Å². The predicted octanol–water partition coefficient (Wildman–Crippen LogP) is 0.440. The van der Waals surface area contributed by atoms with Crippen molar-refractivity contribution in [2.75, 3.05) is 0 Å². The number of rotatable bonds is 0. The van der Waals surface area contributed by atoms with Crippen LogP contribution in [0.25, 0.3) is 0 Å². The summed E-state index contributed by atoms with van der Waals surface area (Å²) in [6, 6.07) is 0. The van der Waals surface area contributed by atoms with Gasteiger partial charge in [-0.25, -0.2) is 0 Å². The molecule has 4 nitrogen and oxygen atoms in total. The van der Waals surface area contributed by atoms with Crippen LogP contribution in [0.1, 0.15) is 27.7 Å². The Kier molecular flexibility index (Phi) is 2.50. The van der Waals surface area contributed by atoms with Gasteiger partial charge in [0.2, 0.25) is 0 Å².